The molecule has 1 saturated heterocycles. The SMILES string of the molecule is CCCCCC12CCC(COC(=O)N[C@@H](CC(C)C)C(=O)NC(CC3CCNC3=O)C(O)S(=O)(=O)O)(CC1)CC2. The minimum absolute atomic E-state index is 0.00211. The van der Waals surface area contributed by atoms with E-state index in [1.54, 1.807) is 0 Å². The highest BCUT2D eigenvalue weighted by molar-refractivity contribution is 7.86. The zero-order valence-electron chi connectivity index (χ0n) is 24.2. The molecule has 5 N–H and O–H groups in total. The Labute approximate surface area is 238 Å². The third-order valence-corrected chi connectivity index (χ3v) is 10.3. The van der Waals surface area contributed by atoms with Gasteiger partial charge in [-0.3, -0.25) is 14.1 Å². The highest BCUT2D eigenvalue weighted by Gasteiger charge is 2.48. The zero-order valence-corrected chi connectivity index (χ0v) is 25.1. The summed E-state index contributed by atoms with van der Waals surface area (Å²) in [6.07, 6.45) is 11.4. The molecule has 1 aliphatic heterocycles. The van der Waals surface area contributed by atoms with E-state index in [1.807, 2.05) is 13.8 Å². The van der Waals surface area contributed by atoms with E-state index >= 15 is 0 Å². The van der Waals surface area contributed by atoms with Crippen molar-refractivity contribution in [2.24, 2.45) is 22.7 Å². The molecule has 230 valence electrons. The first-order chi connectivity index (χ1) is 18.8. The normalized spacial score (nSPS) is 28.6. The van der Waals surface area contributed by atoms with E-state index in [2.05, 4.69) is 22.9 Å². The third kappa shape index (κ3) is 8.79. The highest BCUT2D eigenvalue weighted by atomic mass is 32.2. The van der Waals surface area contributed by atoms with E-state index in [0.717, 1.165) is 38.5 Å². The average molecular weight is 588 g/mol. The number of nitrogens with one attached hydrogen (secondary N) is 3. The van der Waals surface area contributed by atoms with Crippen LogP contribution in [0.15, 0.2) is 0 Å². The van der Waals surface area contributed by atoms with Crippen molar-refractivity contribution >= 4 is 28.0 Å². The summed E-state index contributed by atoms with van der Waals surface area (Å²) in [5.74, 6) is -1.66. The summed E-state index contributed by atoms with van der Waals surface area (Å²) in [4.78, 5) is 38.1. The van der Waals surface area contributed by atoms with Gasteiger partial charge in [0.15, 0.2) is 0 Å². The first-order valence-corrected chi connectivity index (χ1v) is 16.4. The summed E-state index contributed by atoms with van der Waals surface area (Å²) in [7, 11) is -4.92. The van der Waals surface area contributed by atoms with Crippen LogP contribution < -0.4 is 16.0 Å². The van der Waals surface area contributed by atoms with Gasteiger partial charge in [-0.15, -0.1) is 0 Å². The van der Waals surface area contributed by atoms with Crippen LogP contribution in [-0.4, -0.2) is 66.7 Å². The van der Waals surface area contributed by atoms with Crippen LogP contribution in [0.4, 0.5) is 4.79 Å². The molecule has 11 nitrogen and oxygen atoms in total. The lowest BCUT2D eigenvalue weighted by atomic mass is 9.53. The molecule has 4 fully saturated rings. The maximum atomic E-state index is 13.2. The predicted octanol–water partition coefficient (Wildman–Crippen LogP) is 3.27. The molecule has 0 aromatic rings. The molecule has 0 spiro atoms. The van der Waals surface area contributed by atoms with Crippen molar-refractivity contribution < 1.29 is 37.2 Å². The summed E-state index contributed by atoms with van der Waals surface area (Å²) in [6.45, 7) is 6.66. The predicted molar refractivity (Wildman–Crippen MR) is 150 cm³/mol. The van der Waals surface area contributed by atoms with E-state index in [1.165, 1.54) is 25.7 Å². The number of aliphatic hydroxyl groups excluding tert-OH is 1. The van der Waals surface area contributed by atoms with Crippen LogP contribution >= 0.6 is 0 Å². The molecule has 2 bridgehead atoms. The largest absolute Gasteiger partial charge is 0.449 e. The molecule has 3 aliphatic carbocycles. The summed E-state index contributed by atoms with van der Waals surface area (Å²) in [5, 5.41) is 18.0. The van der Waals surface area contributed by atoms with Gasteiger partial charge < -0.3 is 25.8 Å². The number of rotatable bonds is 15. The Morgan fingerprint density at radius 1 is 1.07 bits per heavy atom. The number of carbonyl (C=O) groups is 3. The molecule has 4 rings (SSSR count). The van der Waals surface area contributed by atoms with Gasteiger partial charge in [-0.2, -0.15) is 8.42 Å². The number of ether oxygens (including phenoxy) is 1. The van der Waals surface area contributed by atoms with E-state index in [-0.39, 0.29) is 30.1 Å². The molecule has 3 unspecified atom stereocenters. The first kappa shape index (κ1) is 32.6. The maximum absolute atomic E-state index is 13.2. The number of carbonyl (C=O) groups excluding carboxylic acids is 3. The second-order valence-corrected chi connectivity index (χ2v) is 14.4. The number of aliphatic hydroxyl groups is 1. The van der Waals surface area contributed by atoms with Crippen LogP contribution in [0.5, 0.6) is 0 Å². The lowest BCUT2D eigenvalue weighted by Crippen LogP contribution is -2.55. The summed E-state index contributed by atoms with van der Waals surface area (Å²) >= 11 is 0. The second-order valence-electron chi connectivity index (χ2n) is 12.9. The van der Waals surface area contributed by atoms with E-state index < -0.39 is 45.6 Å². The van der Waals surface area contributed by atoms with Gasteiger partial charge in [0.1, 0.15) is 6.04 Å². The van der Waals surface area contributed by atoms with E-state index in [9.17, 15) is 32.5 Å². The van der Waals surface area contributed by atoms with Gasteiger partial charge in [-0.25, -0.2) is 4.79 Å². The highest BCUT2D eigenvalue weighted by Crippen LogP contribution is 2.58. The molecule has 1 heterocycles. The van der Waals surface area contributed by atoms with Gasteiger partial charge in [0.25, 0.3) is 10.1 Å². The van der Waals surface area contributed by atoms with Gasteiger partial charge in [0.05, 0.1) is 12.6 Å². The molecule has 40 heavy (non-hydrogen) atoms. The second kappa shape index (κ2) is 13.8. The number of unbranched alkanes of at least 4 members (excludes halogenated alkanes) is 2. The molecule has 0 radical (unpaired) electrons. The van der Waals surface area contributed by atoms with Crippen molar-refractivity contribution in [3.05, 3.63) is 0 Å². The van der Waals surface area contributed by atoms with Gasteiger partial charge in [-0.05, 0) is 75.5 Å². The summed E-state index contributed by atoms with van der Waals surface area (Å²) in [5.41, 5.74) is -1.89. The molecule has 3 saturated carbocycles. The fourth-order valence-electron chi connectivity index (χ4n) is 6.70. The molecule has 0 aromatic heterocycles. The van der Waals surface area contributed by atoms with Crippen molar-refractivity contribution in [2.75, 3.05) is 13.2 Å². The lowest BCUT2D eigenvalue weighted by Gasteiger charge is -2.53. The Morgan fingerprint density at radius 3 is 2.23 bits per heavy atom. The van der Waals surface area contributed by atoms with Gasteiger partial charge >= 0.3 is 6.09 Å². The molecule has 12 heteroatoms. The smallest absolute Gasteiger partial charge is 0.407 e. The molecular weight excluding hydrogens is 538 g/mol. The minimum Gasteiger partial charge on any atom is -0.449 e. The Morgan fingerprint density at radius 2 is 1.70 bits per heavy atom. The number of hydrogen-bond acceptors (Lipinski definition) is 7. The van der Waals surface area contributed by atoms with Gasteiger partial charge in [-0.1, -0.05) is 40.0 Å². The zero-order chi connectivity index (χ0) is 29.6. The molecule has 4 atom stereocenters. The molecular formula is C28H49N3O8S. The van der Waals surface area contributed by atoms with E-state index in [4.69, 9.17) is 4.74 Å². The number of hydrogen-bond donors (Lipinski definition) is 5. The fraction of sp³-hybridized carbons (Fsp3) is 0.893. The van der Waals surface area contributed by atoms with Crippen LogP contribution in [0.25, 0.3) is 0 Å². The number of alkyl carbamates (subject to hydrolysis) is 1. The Hall–Kier alpha value is -1.92. The van der Waals surface area contributed by atoms with Crippen molar-refractivity contribution in [3.8, 4) is 0 Å². The van der Waals surface area contributed by atoms with Crippen molar-refractivity contribution in [3.63, 3.8) is 0 Å². The standard InChI is InChI=1S/C28H49N3O8S/c1-4-5-6-8-27-9-12-28(13-10-27,14-11-27)18-39-26(35)31-21(16-19(2)3)24(33)30-22(25(34)40(36,37)38)17-20-7-15-29-23(20)32/h19-22,25,34H,4-18H2,1-3H3,(H,29,32)(H,30,33)(H,31,35)(H,36,37,38)/t20?,21-,22?,25?,27?,28?/m0/s1. The topological polar surface area (TPSA) is 171 Å². The summed E-state index contributed by atoms with van der Waals surface area (Å²) < 4.78 is 38.5. The van der Waals surface area contributed by atoms with Crippen LogP contribution in [0.1, 0.15) is 104 Å². The van der Waals surface area contributed by atoms with Gasteiger partial charge in [0.2, 0.25) is 17.3 Å². The van der Waals surface area contributed by atoms with E-state index in [0.29, 0.717) is 25.0 Å². The summed E-state index contributed by atoms with van der Waals surface area (Å²) in [6, 6.07) is -2.49. The van der Waals surface area contributed by atoms with Gasteiger partial charge in [0, 0.05) is 17.9 Å². The molecule has 3 amide bonds. The number of fused-ring (bicyclic) bond motifs is 3. The Kier molecular flexibility index (Phi) is 11.3. The minimum atomic E-state index is -4.92. The average Bonchev–Trinajstić information content (AvgIpc) is 3.31. The number of amides is 3. The van der Waals surface area contributed by atoms with Crippen LogP contribution in [0, 0.1) is 22.7 Å². The quantitative estimate of drug-likeness (QED) is 0.143. The third-order valence-electron chi connectivity index (χ3n) is 9.37. The Balaban J connectivity index is 1.58. The first-order valence-electron chi connectivity index (χ1n) is 14.9. The van der Waals surface area contributed by atoms with Crippen LogP contribution in [0.3, 0.4) is 0 Å². The van der Waals surface area contributed by atoms with Crippen molar-refractivity contribution in [2.45, 2.75) is 122 Å². The maximum Gasteiger partial charge on any atom is 0.407 e. The molecule has 0 aromatic carbocycles. The van der Waals surface area contributed by atoms with Crippen LogP contribution in [0.2, 0.25) is 0 Å². The van der Waals surface area contributed by atoms with Crippen molar-refractivity contribution in [1.29, 1.82) is 0 Å². The Bertz CT molecular complexity index is 977. The van der Waals surface area contributed by atoms with Crippen molar-refractivity contribution in [1.82, 2.24) is 16.0 Å². The monoisotopic (exact) mass is 587 g/mol. The lowest BCUT2D eigenvalue weighted by molar-refractivity contribution is -0.126. The fourth-order valence-corrected chi connectivity index (χ4v) is 7.30. The van der Waals surface area contributed by atoms with Crippen LogP contribution in [-0.2, 0) is 24.4 Å². The molecule has 4 aliphatic rings.